The molecule has 0 aliphatic carbocycles. The van der Waals surface area contributed by atoms with Crippen molar-refractivity contribution in [3.8, 4) is 0 Å². The Hall–Kier alpha value is -3.89. The lowest BCUT2D eigenvalue weighted by molar-refractivity contribution is -0.114. The Balaban J connectivity index is 1.51. The predicted octanol–water partition coefficient (Wildman–Crippen LogP) is 4.05. The number of rotatable bonds is 8. The summed E-state index contributed by atoms with van der Waals surface area (Å²) in [5.41, 5.74) is 1.16. The van der Waals surface area contributed by atoms with E-state index >= 15 is 0 Å². The largest absolute Gasteiger partial charge is 0.325 e. The Morgan fingerprint density at radius 2 is 1.37 bits per heavy atom. The van der Waals surface area contributed by atoms with E-state index in [9.17, 15) is 21.6 Å². The van der Waals surface area contributed by atoms with Crippen LogP contribution < -0.4 is 14.3 Å². The first-order valence-corrected chi connectivity index (χ1v) is 13.9. The lowest BCUT2D eigenvalue weighted by atomic mass is 10.1. The van der Waals surface area contributed by atoms with Gasteiger partial charge in [0.15, 0.2) is 0 Å². The molecule has 35 heavy (non-hydrogen) atoms. The van der Waals surface area contributed by atoms with Crippen LogP contribution in [0.3, 0.4) is 0 Å². The fourth-order valence-electron chi connectivity index (χ4n) is 3.58. The number of benzene rings is 4. The molecule has 0 fully saturated rings. The van der Waals surface area contributed by atoms with E-state index in [1.54, 1.807) is 54.6 Å². The normalized spacial score (nSPS) is 11.7. The summed E-state index contributed by atoms with van der Waals surface area (Å²) in [6.45, 7) is -0.442. The number of para-hydroxylation sites is 1. The zero-order valence-electron chi connectivity index (χ0n) is 18.7. The Morgan fingerprint density at radius 1 is 0.743 bits per heavy atom. The van der Waals surface area contributed by atoms with Gasteiger partial charge in [-0.05, 0) is 47.9 Å². The van der Waals surface area contributed by atoms with Crippen LogP contribution in [0.15, 0.2) is 102 Å². The fraction of sp³-hybridized carbons (Fsp3) is 0.0800. The highest BCUT2D eigenvalue weighted by Crippen LogP contribution is 2.28. The van der Waals surface area contributed by atoms with Crippen LogP contribution in [0.25, 0.3) is 10.8 Å². The zero-order chi connectivity index (χ0) is 25.1. The maximum absolute atomic E-state index is 12.8. The number of nitrogens with zero attached hydrogens (tertiary/aromatic N) is 1. The molecule has 8 nitrogen and oxygen atoms in total. The number of amides is 1. The molecular formula is C25H23N3O5S2. The second kappa shape index (κ2) is 9.77. The van der Waals surface area contributed by atoms with Crippen LogP contribution in [0.4, 0.5) is 17.1 Å². The summed E-state index contributed by atoms with van der Waals surface area (Å²) in [6.07, 6.45) is 1.04. The van der Waals surface area contributed by atoms with Gasteiger partial charge in [0.2, 0.25) is 15.9 Å². The average Bonchev–Trinajstić information content (AvgIpc) is 2.82. The first-order valence-electron chi connectivity index (χ1n) is 10.6. The third kappa shape index (κ3) is 5.79. The van der Waals surface area contributed by atoms with Gasteiger partial charge < -0.3 is 5.32 Å². The van der Waals surface area contributed by atoms with E-state index < -0.39 is 32.5 Å². The van der Waals surface area contributed by atoms with E-state index in [1.165, 1.54) is 24.3 Å². The Morgan fingerprint density at radius 3 is 2.06 bits per heavy atom. The van der Waals surface area contributed by atoms with Crippen molar-refractivity contribution in [2.45, 2.75) is 4.90 Å². The number of hydrogen-bond donors (Lipinski definition) is 2. The second-order valence-electron chi connectivity index (χ2n) is 7.81. The smallest absolute Gasteiger partial charge is 0.261 e. The van der Waals surface area contributed by atoms with Gasteiger partial charge in [-0.15, -0.1) is 0 Å². The van der Waals surface area contributed by atoms with E-state index in [0.717, 1.165) is 15.9 Å². The van der Waals surface area contributed by atoms with E-state index in [1.807, 2.05) is 18.2 Å². The van der Waals surface area contributed by atoms with Crippen LogP contribution in [-0.4, -0.2) is 35.5 Å². The molecule has 180 valence electrons. The first kappa shape index (κ1) is 24.2. The lowest BCUT2D eigenvalue weighted by Crippen LogP contribution is -2.37. The highest BCUT2D eigenvalue weighted by atomic mass is 32.2. The molecule has 0 saturated heterocycles. The number of nitrogens with one attached hydrogen (secondary N) is 2. The maximum atomic E-state index is 12.8. The molecule has 0 spiro atoms. The van der Waals surface area contributed by atoms with Crippen molar-refractivity contribution in [1.29, 1.82) is 0 Å². The predicted molar refractivity (Wildman–Crippen MR) is 138 cm³/mol. The van der Waals surface area contributed by atoms with Crippen LogP contribution in [-0.2, 0) is 24.8 Å². The molecule has 1 amide bonds. The van der Waals surface area contributed by atoms with Crippen molar-refractivity contribution in [3.63, 3.8) is 0 Å². The summed E-state index contributed by atoms with van der Waals surface area (Å²) in [5, 5.41) is 4.18. The van der Waals surface area contributed by atoms with Gasteiger partial charge in [0.05, 0.1) is 16.8 Å². The molecule has 0 bridgehead atoms. The molecule has 2 N–H and O–H groups in total. The van der Waals surface area contributed by atoms with Crippen molar-refractivity contribution < 1.29 is 21.6 Å². The number of fused-ring (bicyclic) bond motifs is 1. The minimum Gasteiger partial charge on any atom is -0.325 e. The Kier molecular flexibility index (Phi) is 6.77. The molecule has 0 aliphatic rings. The molecule has 4 aromatic carbocycles. The standard InChI is InChI=1S/C25H23N3O5S2/c1-34(30,31)28(24-13-7-9-19-8-5-6-12-23(19)24)18-25(29)26-20-14-16-22(17-15-20)35(32,33)27-21-10-3-2-4-11-21/h2-17,27H,18H2,1H3,(H,26,29). The van der Waals surface area contributed by atoms with Crippen LogP contribution in [0.5, 0.6) is 0 Å². The lowest BCUT2D eigenvalue weighted by Gasteiger charge is -2.23. The quantitative estimate of drug-likeness (QED) is 0.372. The van der Waals surface area contributed by atoms with Crippen molar-refractivity contribution in [2.75, 3.05) is 27.1 Å². The summed E-state index contributed by atoms with van der Waals surface area (Å²) in [7, 11) is -7.57. The first-order chi connectivity index (χ1) is 16.6. The minimum absolute atomic E-state index is 0.0212. The molecule has 0 heterocycles. The number of sulfonamides is 2. The molecule has 10 heteroatoms. The SMILES string of the molecule is CS(=O)(=O)N(CC(=O)Nc1ccc(S(=O)(=O)Nc2ccccc2)cc1)c1cccc2ccccc12. The molecular weight excluding hydrogens is 486 g/mol. The number of carbonyl (C=O) groups excluding carboxylic acids is 1. The van der Waals surface area contributed by atoms with Gasteiger partial charge in [0.1, 0.15) is 6.54 Å². The summed E-state index contributed by atoms with van der Waals surface area (Å²) < 4.78 is 53.8. The van der Waals surface area contributed by atoms with Gasteiger partial charge in [0, 0.05) is 16.8 Å². The summed E-state index contributed by atoms with van der Waals surface area (Å²) in [5.74, 6) is -0.568. The number of anilines is 3. The molecule has 4 rings (SSSR count). The fourth-order valence-corrected chi connectivity index (χ4v) is 5.50. The third-order valence-corrected chi connectivity index (χ3v) is 7.72. The highest BCUT2D eigenvalue weighted by molar-refractivity contribution is 7.92. The van der Waals surface area contributed by atoms with Crippen LogP contribution in [0, 0.1) is 0 Å². The van der Waals surface area contributed by atoms with E-state index in [2.05, 4.69) is 10.0 Å². The minimum atomic E-state index is -3.80. The van der Waals surface area contributed by atoms with Crippen LogP contribution >= 0.6 is 0 Å². The van der Waals surface area contributed by atoms with Crippen molar-refractivity contribution in [3.05, 3.63) is 97.1 Å². The van der Waals surface area contributed by atoms with E-state index in [4.69, 9.17) is 0 Å². The Bertz CT molecular complexity index is 1570. The summed E-state index contributed by atoms with van der Waals surface area (Å²) in [6, 6.07) is 26.6. The van der Waals surface area contributed by atoms with Gasteiger partial charge in [-0.25, -0.2) is 16.8 Å². The molecule has 0 saturated carbocycles. The second-order valence-corrected chi connectivity index (χ2v) is 11.4. The number of carbonyl (C=O) groups is 1. The summed E-state index contributed by atoms with van der Waals surface area (Å²) >= 11 is 0. The Labute approximate surface area is 204 Å². The number of hydrogen-bond acceptors (Lipinski definition) is 5. The van der Waals surface area contributed by atoms with E-state index in [0.29, 0.717) is 22.4 Å². The van der Waals surface area contributed by atoms with Crippen molar-refractivity contribution >= 4 is 53.8 Å². The molecule has 0 radical (unpaired) electrons. The van der Waals surface area contributed by atoms with Gasteiger partial charge >= 0.3 is 0 Å². The highest BCUT2D eigenvalue weighted by Gasteiger charge is 2.23. The van der Waals surface area contributed by atoms with Crippen molar-refractivity contribution in [1.82, 2.24) is 0 Å². The monoisotopic (exact) mass is 509 g/mol. The molecule has 4 aromatic rings. The molecule has 0 aliphatic heterocycles. The van der Waals surface area contributed by atoms with Gasteiger partial charge in [-0.1, -0.05) is 54.6 Å². The van der Waals surface area contributed by atoms with Gasteiger partial charge in [-0.2, -0.15) is 0 Å². The van der Waals surface area contributed by atoms with Gasteiger partial charge in [-0.3, -0.25) is 13.8 Å². The van der Waals surface area contributed by atoms with Crippen LogP contribution in [0.2, 0.25) is 0 Å². The van der Waals surface area contributed by atoms with Gasteiger partial charge in [0.25, 0.3) is 10.0 Å². The molecule has 0 unspecified atom stereocenters. The average molecular weight is 510 g/mol. The van der Waals surface area contributed by atoms with Crippen LogP contribution in [0.1, 0.15) is 0 Å². The maximum Gasteiger partial charge on any atom is 0.261 e. The zero-order valence-corrected chi connectivity index (χ0v) is 20.4. The van der Waals surface area contributed by atoms with Crippen molar-refractivity contribution in [2.24, 2.45) is 0 Å². The van der Waals surface area contributed by atoms with E-state index in [-0.39, 0.29) is 4.90 Å². The molecule has 0 atom stereocenters. The molecule has 0 aromatic heterocycles. The summed E-state index contributed by atoms with van der Waals surface area (Å²) in [4.78, 5) is 12.8. The third-order valence-electron chi connectivity index (χ3n) is 5.20. The topological polar surface area (TPSA) is 113 Å².